The summed E-state index contributed by atoms with van der Waals surface area (Å²) in [6.07, 6.45) is 1.80. The van der Waals surface area contributed by atoms with E-state index in [2.05, 4.69) is 6.92 Å². The van der Waals surface area contributed by atoms with Gasteiger partial charge in [0.1, 0.15) is 38.5 Å². The van der Waals surface area contributed by atoms with Gasteiger partial charge in [0.15, 0.2) is 11.5 Å². The van der Waals surface area contributed by atoms with Crippen LogP contribution in [0.2, 0.25) is 0 Å². The number of benzene rings is 2. The fourth-order valence-corrected chi connectivity index (χ4v) is 4.10. The highest BCUT2D eigenvalue weighted by Crippen LogP contribution is 2.39. The van der Waals surface area contributed by atoms with E-state index >= 15 is 0 Å². The van der Waals surface area contributed by atoms with Crippen LogP contribution in [-0.2, 0) is 6.54 Å². The molecule has 1 fully saturated rings. The Morgan fingerprint density at radius 2 is 1.79 bits per heavy atom. The van der Waals surface area contributed by atoms with Gasteiger partial charge in [0.2, 0.25) is 5.78 Å². The number of Topliss-reactive ketones (excluding diaryl/α,β-unsaturated/α-hetero) is 1. The SMILES string of the molecule is CC[NH+]1CC[NH+](Cc2c(O)ccc3c2O/C(=C/c2ccccc2C)C3=O)CC1. The maximum absolute atomic E-state index is 12.9. The fourth-order valence-electron chi connectivity index (χ4n) is 4.10. The summed E-state index contributed by atoms with van der Waals surface area (Å²) in [5, 5.41) is 10.5. The number of allylic oxidation sites excluding steroid dienone is 1. The fraction of sp³-hybridized carbons (Fsp3) is 0.348. The quantitative estimate of drug-likeness (QED) is 0.682. The van der Waals surface area contributed by atoms with E-state index in [9.17, 15) is 9.90 Å². The summed E-state index contributed by atoms with van der Waals surface area (Å²) >= 11 is 0. The summed E-state index contributed by atoms with van der Waals surface area (Å²) in [7, 11) is 0. The predicted octanol–water partition coefficient (Wildman–Crippen LogP) is 0.620. The smallest absolute Gasteiger partial charge is 0.231 e. The number of hydrogen-bond acceptors (Lipinski definition) is 3. The van der Waals surface area contributed by atoms with Gasteiger partial charge >= 0.3 is 0 Å². The number of phenols is 1. The van der Waals surface area contributed by atoms with E-state index in [0.29, 0.717) is 23.6 Å². The van der Waals surface area contributed by atoms with Gasteiger partial charge in [-0.25, -0.2) is 0 Å². The first-order valence-corrected chi connectivity index (χ1v) is 10.1. The van der Waals surface area contributed by atoms with Crippen LogP contribution in [0.3, 0.4) is 0 Å². The number of piperazine rings is 1. The molecule has 0 bridgehead atoms. The van der Waals surface area contributed by atoms with Crippen molar-refractivity contribution in [1.82, 2.24) is 0 Å². The van der Waals surface area contributed by atoms with Crippen LogP contribution < -0.4 is 14.5 Å². The minimum atomic E-state index is -0.116. The van der Waals surface area contributed by atoms with Crippen LogP contribution in [0.15, 0.2) is 42.2 Å². The highest BCUT2D eigenvalue weighted by Gasteiger charge is 2.33. The number of carbonyl (C=O) groups excluding carboxylic acids is 1. The number of hydrogen-bond donors (Lipinski definition) is 3. The number of rotatable bonds is 4. The lowest BCUT2D eigenvalue weighted by atomic mass is 10.0. The number of aromatic hydroxyl groups is 1. The maximum atomic E-state index is 12.9. The topological polar surface area (TPSA) is 55.4 Å². The van der Waals surface area contributed by atoms with Crippen LogP contribution in [0, 0.1) is 6.92 Å². The van der Waals surface area contributed by atoms with Crippen LogP contribution in [0.1, 0.15) is 34.0 Å². The Morgan fingerprint density at radius 1 is 1.07 bits per heavy atom. The van der Waals surface area contributed by atoms with E-state index < -0.39 is 0 Å². The zero-order valence-electron chi connectivity index (χ0n) is 16.5. The molecule has 2 aromatic carbocycles. The molecule has 28 heavy (non-hydrogen) atoms. The van der Waals surface area contributed by atoms with Crippen LogP contribution in [0.5, 0.6) is 11.5 Å². The van der Waals surface area contributed by atoms with Crippen molar-refractivity contribution < 1.29 is 24.4 Å². The molecule has 146 valence electrons. The normalized spacial score (nSPS) is 22.9. The molecule has 0 atom stereocenters. The molecule has 2 aliphatic rings. The predicted molar refractivity (Wildman–Crippen MR) is 108 cm³/mol. The molecule has 0 aliphatic carbocycles. The molecule has 5 nitrogen and oxygen atoms in total. The molecule has 2 aliphatic heterocycles. The van der Waals surface area contributed by atoms with Crippen molar-refractivity contribution in [2.45, 2.75) is 20.4 Å². The van der Waals surface area contributed by atoms with Crippen LogP contribution in [0.25, 0.3) is 6.08 Å². The first-order valence-electron chi connectivity index (χ1n) is 10.1. The summed E-state index contributed by atoms with van der Waals surface area (Å²) in [5.41, 5.74) is 3.35. The molecule has 0 unspecified atom stereocenters. The van der Waals surface area contributed by atoms with Gasteiger partial charge in [0, 0.05) is 0 Å². The molecular weight excluding hydrogens is 352 g/mol. The number of ether oxygens (including phenoxy) is 1. The average molecular weight is 380 g/mol. The Kier molecular flexibility index (Phi) is 5.20. The minimum Gasteiger partial charge on any atom is -0.507 e. The standard InChI is InChI=1S/C23H26N2O3/c1-3-24-10-12-25(13-11-24)15-19-20(26)9-8-18-22(27)21(28-23(18)19)14-17-7-5-4-6-16(17)2/h4-9,14,26H,3,10-13,15H2,1-2H3/p+2/b21-14+. The Labute approximate surface area is 165 Å². The number of carbonyl (C=O) groups is 1. The summed E-state index contributed by atoms with van der Waals surface area (Å²) < 4.78 is 6.01. The van der Waals surface area contributed by atoms with Gasteiger partial charge in [-0.2, -0.15) is 0 Å². The van der Waals surface area contributed by atoms with Crippen molar-refractivity contribution in [1.29, 1.82) is 0 Å². The first-order chi connectivity index (χ1) is 13.6. The van der Waals surface area contributed by atoms with Gasteiger partial charge in [0.05, 0.1) is 17.7 Å². The van der Waals surface area contributed by atoms with Gasteiger partial charge < -0.3 is 19.6 Å². The second-order valence-corrected chi connectivity index (χ2v) is 7.77. The number of aryl methyl sites for hydroxylation is 1. The number of fused-ring (bicyclic) bond motifs is 1. The first kappa shape index (κ1) is 18.7. The van der Waals surface area contributed by atoms with Crippen molar-refractivity contribution in [3.8, 4) is 11.5 Å². The third kappa shape index (κ3) is 3.55. The van der Waals surface area contributed by atoms with Crippen LogP contribution in [0.4, 0.5) is 0 Å². The van der Waals surface area contributed by atoms with Crippen LogP contribution in [-0.4, -0.2) is 43.6 Å². The molecule has 2 aromatic rings. The van der Waals surface area contributed by atoms with Gasteiger partial charge in [-0.15, -0.1) is 0 Å². The highest BCUT2D eigenvalue weighted by atomic mass is 16.5. The Balaban J connectivity index is 1.60. The molecule has 0 amide bonds. The van der Waals surface area contributed by atoms with Gasteiger partial charge in [-0.1, -0.05) is 24.3 Å². The number of ketones is 1. The molecule has 0 saturated carbocycles. The third-order valence-electron chi connectivity index (χ3n) is 5.98. The lowest BCUT2D eigenvalue weighted by Crippen LogP contribution is -3.27. The van der Waals surface area contributed by atoms with Crippen molar-refractivity contribution in [2.75, 3.05) is 32.7 Å². The van der Waals surface area contributed by atoms with Crippen molar-refractivity contribution >= 4 is 11.9 Å². The molecule has 0 radical (unpaired) electrons. The zero-order valence-corrected chi connectivity index (χ0v) is 16.5. The lowest BCUT2D eigenvalue weighted by molar-refractivity contribution is -1.02. The third-order valence-corrected chi connectivity index (χ3v) is 5.98. The summed E-state index contributed by atoms with van der Waals surface area (Å²) in [6.45, 7) is 10.5. The molecule has 4 rings (SSSR count). The Bertz CT molecular complexity index is 927. The number of phenolic OH excluding ortho intramolecular Hbond substituents is 1. The van der Waals surface area contributed by atoms with E-state index in [1.165, 1.54) is 4.90 Å². The second-order valence-electron chi connectivity index (χ2n) is 7.77. The highest BCUT2D eigenvalue weighted by molar-refractivity contribution is 6.15. The largest absolute Gasteiger partial charge is 0.507 e. The number of quaternary nitrogens is 2. The lowest BCUT2D eigenvalue weighted by Gasteiger charge is -2.29. The van der Waals surface area contributed by atoms with Crippen molar-refractivity contribution in [3.63, 3.8) is 0 Å². The van der Waals surface area contributed by atoms with E-state index in [1.807, 2.05) is 31.2 Å². The second kappa shape index (κ2) is 7.78. The molecule has 5 heteroatoms. The van der Waals surface area contributed by atoms with Crippen LogP contribution >= 0.6 is 0 Å². The zero-order chi connectivity index (χ0) is 19.7. The summed E-state index contributed by atoms with van der Waals surface area (Å²) in [4.78, 5) is 15.9. The summed E-state index contributed by atoms with van der Waals surface area (Å²) in [5.74, 6) is 0.949. The van der Waals surface area contributed by atoms with Gasteiger partial charge in [0.25, 0.3) is 0 Å². The van der Waals surface area contributed by atoms with E-state index in [1.54, 1.807) is 23.1 Å². The Morgan fingerprint density at radius 3 is 2.50 bits per heavy atom. The van der Waals surface area contributed by atoms with E-state index in [0.717, 1.165) is 49.4 Å². The summed E-state index contributed by atoms with van der Waals surface area (Å²) in [6, 6.07) is 11.2. The Hall–Kier alpha value is -2.63. The molecule has 1 saturated heterocycles. The van der Waals surface area contributed by atoms with Gasteiger partial charge in [-0.05, 0) is 43.2 Å². The van der Waals surface area contributed by atoms with Crippen molar-refractivity contribution in [2.24, 2.45) is 0 Å². The minimum absolute atomic E-state index is 0.116. The van der Waals surface area contributed by atoms with Crippen molar-refractivity contribution in [3.05, 3.63) is 64.4 Å². The molecule has 2 heterocycles. The maximum Gasteiger partial charge on any atom is 0.231 e. The number of likely N-dealkylation sites (N-methyl/N-ethyl adjacent to an activating group) is 1. The molecule has 0 aromatic heterocycles. The molecular formula is C23H28N2O3+2. The van der Waals surface area contributed by atoms with E-state index in [4.69, 9.17) is 4.74 Å². The average Bonchev–Trinajstić information content (AvgIpc) is 3.02. The molecule has 0 spiro atoms. The monoisotopic (exact) mass is 380 g/mol. The number of nitrogens with one attached hydrogen (secondary N) is 2. The van der Waals surface area contributed by atoms with Gasteiger partial charge in [-0.3, -0.25) is 4.79 Å². The van der Waals surface area contributed by atoms with E-state index in [-0.39, 0.29) is 11.5 Å². The molecule has 3 N–H and O–H groups in total.